The average molecular weight is 439 g/mol. The van der Waals surface area contributed by atoms with Gasteiger partial charge in [-0.05, 0) is 54.2 Å². The Labute approximate surface area is 186 Å². The van der Waals surface area contributed by atoms with Gasteiger partial charge in [0.25, 0.3) is 0 Å². The highest BCUT2D eigenvalue weighted by Gasteiger charge is 2.41. The molecule has 2 fully saturated rings. The third-order valence-corrected chi connectivity index (χ3v) is 6.77. The molecule has 30 heavy (non-hydrogen) atoms. The van der Waals surface area contributed by atoms with E-state index < -0.39 is 6.04 Å². The van der Waals surface area contributed by atoms with E-state index in [4.69, 9.17) is 11.6 Å². The Morgan fingerprint density at radius 1 is 1.13 bits per heavy atom. The number of hydrogen-bond acceptors (Lipinski definition) is 2. The molecule has 1 aromatic carbocycles. The van der Waals surface area contributed by atoms with Gasteiger partial charge in [0.2, 0.25) is 11.8 Å². The van der Waals surface area contributed by atoms with Crippen LogP contribution in [-0.2, 0) is 9.59 Å². The zero-order chi connectivity index (χ0) is 20.5. The molecule has 2 amide bonds. The normalized spacial score (nSPS) is 21.7. The molecule has 1 aliphatic heterocycles. The number of rotatable bonds is 5. The van der Waals surface area contributed by atoms with Gasteiger partial charge in [-0.3, -0.25) is 9.59 Å². The molecule has 2 atom stereocenters. The molecule has 2 aliphatic rings. The minimum atomic E-state index is -0.434. The maximum atomic E-state index is 13.3. The smallest absolute Gasteiger partial charge is 0.245 e. The van der Waals surface area contributed by atoms with Gasteiger partial charge in [0.15, 0.2) is 0 Å². The summed E-state index contributed by atoms with van der Waals surface area (Å²) in [5.74, 6) is 0.671. The molecular formula is C24H39ClN2O3. The van der Waals surface area contributed by atoms with E-state index in [1.165, 1.54) is 5.56 Å². The summed E-state index contributed by atoms with van der Waals surface area (Å²) in [6, 6.07) is 7.64. The number of halogens is 1. The second kappa shape index (κ2) is 10.6. The Morgan fingerprint density at radius 3 is 2.20 bits per heavy atom. The first-order valence-electron chi connectivity index (χ1n) is 10.5. The van der Waals surface area contributed by atoms with Crippen LogP contribution in [0.15, 0.2) is 24.3 Å². The van der Waals surface area contributed by atoms with E-state index in [1.807, 2.05) is 30.9 Å². The fourth-order valence-corrected chi connectivity index (χ4v) is 4.64. The van der Waals surface area contributed by atoms with Crippen molar-refractivity contribution >= 4 is 23.4 Å². The molecule has 1 heterocycles. The number of piperidine rings is 1. The van der Waals surface area contributed by atoms with E-state index in [9.17, 15) is 9.59 Å². The number of nitrogens with one attached hydrogen (secondary N) is 1. The number of nitrogens with zero attached hydrogens (tertiary/aromatic N) is 1. The van der Waals surface area contributed by atoms with Gasteiger partial charge in [0.1, 0.15) is 6.04 Å². The van der Waals surface area contributed by atoms with Crippen molar-refractivity contribution in [1.82, 2.24) is 10.2 Å². The summed E-state index contributed by atoms with van der Waals surface area (Å²) in [6.45, 7) is 9.89. The lowest BCUT2D eigenvalue weighted by Gasteiger charge is -2.46. The van der Waals surface area contributed by atoms with Crippen molar-refractivity contribution in [2.45, 2.75) is 72.8 Å². The average Bonchev–Trinajstić information content (AvgIpc) is 2.57. The largest absolute Gasteiger partial charge is 0.412 e. The molecule has 6 heteroatoms. The zero-order valence-corrected chi connectivity index (χ0v) is 18.8. The number of hydrogen-bond donors (Lipinski definition) is 1. The standard InChI is InChI=1S/C23H33ClN2O2.CH4.H2O/c1-15(2)20(25-21(27)17-6-5-7-17)22(28)26-13-12-19(23(3,4)14-26)16-8-10-18(24)11-9-16;;/h8-11,15,17,19-20H,5-7,12-14H2,1-4H3,(H,25,27);1H4;1H2/t19-,20-;;/m1../s1. The predicted octanol–water partition coefficient (Wildman–Crippen LogP) is 4.43. The van der Waals surface area contributed by atoms with Gasteiger partial charge in [-0.2, -0.15) is 0 Å². The molecule has 0 bridgehead atoms. The molecule has 1 aliphatic carbocycles. The Kier molecular flexibility index (Phi) is 9.37. The fraction of sp³-hybridized carbons (Fsp3) is 0.667. The minimum absolute atomic E-state index is 0. The second-order valence-electron chi connectivity index (χ2n) is 9.50. The van der Waals surface area contributed by atoms with Crippen molar-refractivity contribution < 1.29 is 15.1 Å². The Balaban J connectivity index is 0.00000225. The van der Waals surface area contributed by atoms with Crippen LogP contribution in [-0.4, -0.2) is 41.3 Å². The molecule has 0 unspecified atom stereocenters. The molecule has 170 valence electrons. The monoisotopic (exact) mass is 438 g/mol. The van der Waals surface area contributed by atoms with Crippen LogP contribution < -0.4 is 5.32 Å². The minimum Gasteiger partial charge on any atom is -0.412 e. The van der Waals surface area contributed by atoms with E-state index in [2.05, 4.69) is 31.3 Å². The van der Waals surface area contributed by atoms with Gasteiger partial charge in [-0.15, -0.1) is 0 Å². The highest BCUT2D eigenvalue weighted by atomic mass is 35.5. The molecule has 1 aromatic rings. The van der Waals surface area contributed by atoms with Gasteiger partial charge in [-0.25, -0.2) is 0 Å². The van der Waals surface area contributed by atoms with Crippen molar-refractivity contribution in [3.05, 3.63) is 34.9 Å². The predicted molar refractivity (Wildman–Crippen MR) is 124 cm³/mol. The molecule has 3 rings (SSSR count). The van der Waals surface area contributed by atoms with Gasteiger partial charge >= 0.3 is 0 Å². The molecule has 5 nitrogen and oxygen atoms in total. The van der Waals surface area contributed by atoms with Crippen molar-refractivity contribution in [3.8, 4) is 0 Å². The molecule has 0 aromatic heterocycles. The van der Waals surface area contributed by atoms with Crippen LogP contribution in [0.1, 0.15) is 72.3 Å². The Morgan fingerprint density at radius 2 is 1.73 bits per heavy atom. The zero-order valence-electron chi connectivity index (χ0n) is 18.0. The molecule has 1 saturated carbocycles. The third-order valence-electron chi connectivity index (χ3n) is 6.52. The lowest BCUT2D eigenvalue weighted by molar-refractivity contribution is -0.142. The first-order chi connectivity index (χ1) is 13.2. The Hall–Kier alpha value is -1.59. The molecule has 3 N–H and O–H groups in total. The lowest BCUT2D eigenvalue weighted by Crippen LogP contribution is -2.56. The van der Waals surface area contributed by atoms with Gasteiger partial charge in [0.05, 0.1) is 0 Å². The summed E-state index contributed by atoms with van der Waals surface area (Å²) in [4.78, 5) is 27.7. The topological polar surface area (TPSA) is 80.9 Å². The van der Waals surface area contributed by atoms with Crippen molar-refractivity contribution in [1.29, 1.82) is 0 Å². The quantitative estimate of drug-likeness (QED) is 0.737. The van der Waals surface area contributed by atoms with Crippen molar-refractivity contribution in [2.24, 2.45) is 17.3 Å². The summed E-state index contributed by atoms with van der Waals surface area (Å²) < 4.78 is 0. The second-order valence-corrected chi connectivity index (χ2v) is 9.94. The summed E-state index contributed by atoms with van der Waals surface area (Å²) >= 11 is 6.04. The summed E-state index contributed by atoms with van der Waals surface area (Å²) in [6.07, 6.45) is 3.93. The molecule has 0 radical (unpaired) electrons. The summed E-state index contributed by atoms with van der Waals surface area (Å²) in [5.41, 5.74) is 1.24. The number of likely N-dealkylation sites (tertiary alicyclic amines) is 1. The number of carbonyl (C=O) groups excluding carboxylic acids is 2. The molecule has 0 spiro atoms. The molecular weight excluding hydrogens is 400 g/mol. The van der Waals surface area contributed by atoms with E-state index in [0.717, 1.165) is 37.3 Å². The Bertz CT molecular complexity index is 714. The van der Waals surface area contributed by atoms with Crippen LogP contribution in [0.25, 0.3) is 0 Å². The summed E-state index contributed by atoms with van der Waals surface area (Å²) in [7, 11) is 0. The SMILES string of the molecule is C.CC(C)[C@@H](NC(=O)C1CCC1)C(=O)N1CC[C@H](c2ccc(Cl)cc2)C(C)(C)C1.O. The van der Waals surface area contributed by atoms with E-state index >= 15 is 0 Å². The fourth-order valence-electron chi connectivity index (χ4n) is 4.51. The molecule has 1 saturated heterocycles. The third kappa shape index (κ3) is 5.76. The van der Waals surface area contributed by atoms with Crippen molar-refractivity contribution in [3.63, 3.8) is 0 Å². The summed E-state index contributed by atoms with van der Waals surface area (Å²) in [5, 5.41) is 3.79. The maximum Gasteiger partial charge on any atom is 0.245 e. The van der Waals surface area contributed by atoms with Gasteiger partial charge in [-0.1, -0.05) is 65.3 Å². The maximum absolute atomic E-state index is 13.3. The van der Waals surface area contributed by atoms with Crippen LogP contribution in [0.4, 0.5) is 0 Å². The first-order valence-corrected chi connectivity index (χ1v) is 10.9. The van der Waals surface area contributed by atoms with Crippen LogP contribution in [0.3, 0.4) is 0 Å². The number of amides is 2. The van der Waals surface area contributed by atoms with E-state index in [0.29, 0.717) is 12.5 Å². The van der Waals surface area contributed by atoms with Crippen molar-refractivity contribution in [2.75, 3.05) is 13.1 Å². The highest BCUT2D eigenvalue weighted by Crippen LogP contribution is 2.42. The van der Waals surface area contributed by atoms with Crippen LogP contribution in [0, 0.1) is 17.3 Å². The lowest BCUT2D eigenvalue weighted by atomic mass is 9.70. The highest BCUT2D eigenvalue weighted by molar-refractivity contribution is 6.30. The number of benzene rings is 1. The first kappa shape index (κ1) is 26.4. The van der Waals surface area contributed by atoms with Crippen LogP contribution in [0.2, 0.25) is 5.02 Å². The number of carbonyl (C=O) groups is 2. The van der Waals surface area contributed by atoms with E-state index in [-0.39, 0.29) is 42.0 Å². The van der Waals surface area contributed by atoms with Crippen LogP contribution in [0.5, 0.6) is 0 Å². The van der Waals surface area contributed by atoms with Gasteiger partial charge in [0, 0.05) is 24.0 Å². The van der Waals surface area contributed by atoms with Gasteiger partial charge < -0.3 is 15.7 Å². The van der Waals surface area contributed by atoms with Crippen LogP contribution >= 0.6 is 11.6 Å². The van der Waals surface area contributed by atoms with E-state index in [1.54, 1.807) is 0 Å².